The molecule has 0 rings (SSSR count). The summed E-state index contributed by atoms with van der Waals surface area (Å²) in [6.45, 7) is 6.28. The minimum Gasteiger partial charge on any atom is -0.462 e. The summed E-state index contributed by atoms with van der Waals surface area (Å²) in [6.07, 6.45) is 98.9. The smallest absolute Gasteiger partial charge is 0.306 e. The SMILES string of the molecule is CC/C=C\C/C=C\C/C=C\C/C=C\C/C=C\C/C=C\C/C=C\CCCC(=O)OC(COC(=O)CCCCCCC)COC(=O)CCCCCCCCCCCCCCCCCC/C=C\C/C=C\C/C=C\C/C=C\C/C=C\C/C=C\CC. The van der Waals surface area contributed by atoms with E-state index >= 15 is 0 Å². The minimum atomic E-state index is -0.810. The molecule has 6 heteroatoms. The van der Waals surface area contributed by atoms with Gasteiger partial charge in [-0.05, 0) is 122 Å². The molecule has 1 unspecified atom stereocenters. The van der Waals surface area contributed by atoms with Gasteiger partial charge in [0, 0.05) is 19.3 Å². The summed E-state index contributed by atoms with van der Waals surface area (Å²) in [7, 11) is 0. The molecule has 0 N–H and O–H groups in total. The van der Waals surface area contributed by atoms with Gasteiger partial charge in [-0.1, -0.05) is 294 Å². The molecule has 0 spiro atoms. The van der Waals surface area contributed by atoms with E-state index in [9.17, 15) is 14.4 Å². The molecule has 0 saturated carbocycles. The fourth-order valence-electron chi connectivity index (χ4n) is 8.67. The lowest BCUT2D eigenvalue weighted by atomic mass is 10.0. The molecule has 1 atom stereocenters. The van der Waals surface area contributed by atoms with E-state index in [1.807, 2.05) is 0 Å². The van der Waals surface area contributed by atoms with Crippen molar-refractivity contribution in [1.82, 2.24) is 0 Å². The van der Waals surface area contributed by atoms with Crippen LogP contribution in [0.15, 0.2) is 158 Å². The van der Waals surface area contributed by atoms with Gasteiger partial charge in [-0.2, -0.15) is 0 Å². The standard InChI is InChI=1S/C75H120O6/c1-4-7-10-13-15-17-19-21-23-25-27-29-31-32-33-34-35-36-37-38-39-40-41-42-44-45-47-49-51-53-55-57-59-62-65-68-74(77)80-71-72(70-79-73(76)67-64-61-12-9-6-3)81-75(78)69-66-63-60-58-56-54-52-50-48-46-43-30-28-26-24-22-20-18-16-14-11-8-5-2/h7-8,10-11,15-18,21-24,27-30,32-33,35-36,46,48,52,54,58,60,72H,4-6,9,12-14,19-20,25-26,31,34,37-45,47,49-51,53,55-57,59,61-71H2,1-3H3/b10-7-,11-8-,17-15-,18-16-,23-21-,24-22-,29-27-,30-28-,33-32-,36-35-,48-46-,54-52-,60-58-. The first-order valence-corrected chi connectivity index (χ1v) is 33.0. The summed E-state index contributed by atoms with van der Waals surface area (Å²) in [5, 5.41) is 0. The van der Waals surface area contributed by atoms with Crippen LogP contribution in [0.1, 0.15) is 278 Å². The Morgan fingerprint density at radius 1 is 0.259 bits per heavy atom. The Morgan fingerprint density at radius 3 is 0.790 bits per heavy atom. The van der Waals surface area contributed by atoms with Crippen LogP contribution in [0, 0.1) is 0 Å². The summed E-state index contributed by atoms with van der Waals surface area (Å²) in [5.74, 6) is -0.980. The Balaban J connectivity index is 4.07. The Labute approximate surface area is 499 Å². The van der Waals surface area contributed by atoms with Crippen LogP contribution in [-0.4, -0.2) is 37.2 Å². The highest BCUT2D eigenvalue weighted by Gasteiger charge is 2.19. The summed E-state index contributed by atoms with van der Waals surface area (Å²) in [6, 6.07) is 0. The van der Waals surface area contributed by atoms with Gasteiger partial charge in [-0.3, -0.25) is 14.4 Å². The summed E-state index contributed by atoms with van der Waals surface area (Å²) in [4.78, 5) is 37.9. The zero-order valence-electron chi connectivity index (χ0n) is 52.2. The topological polar surface area (TPSA) is 78.9 Å². The van der Waals surface area contributed by atoms with Crippen LogP contribution in [0.4, 0.5) is 0 Å². The number of hydrogen-bond acceptors (Lipinski definition) is 6. The van der Waals surface area contributed by atoms with E-state index in [1.165, 1.54) is 89.9 Å². The van der Waals surface area contributed by atoms with E-state index in [1.54, 1.807) is 0 Å². The molecule has 456 valence electrons. The van der Waals surface area contributed by atoms with E-state index in [0.717, 1.165) is 141 Å². The van der Waals surface area contributed by atoms with Gasteiger partial charge in [0.25, 0.3) is 0 Å². The minimum absolute atomic E-state index is 0.105. The Kier molecular flexibility index (Phi) is 63.4. The second-order valence-corrected chi connectivity index (χ2v) is 21.3. The van der Waals surface area contributed by atoms with Crippen LogP contribution in [0.3, 0.4) is 0 Å². The third kappa shape index (κ3) is 65.7. The second-order valence-electron chi connectivity index (χ2n) is 21.3. The fourth-order valence-corrected chi connectivity index (χ4v) is 8.67. The van der Waals surface area contributed by atoms with Crippen LogP contribution in [0.5, 0.6) is 0 Å². The monoisotopic (exact) mass is 1120 g/mol. The molecular formula is C75H120O6. The number of allylic oxidation sites excluding steroid dienone is 26. The highest BCUT2D eigenvalue weighted by Crippen LogP contribution is 2.16. The molecule has 0 aromatic rings. The van der Waals surface area contributed by atoms with Gasteiger partial charge < -0.3 is 14.2 Å². The van der Waals surface area contributed by atoms with Crippen molar-refractivity contribution in [3.8, 4) is 0 Å². The van der Waals surface area contributed by atoms with Crippen LogP contribution in [0.2, 0.25) is 0 Å². The van der Waals surface area contributed by atoms with Crippen molar-refractivity contribution in [3.63, 3.8) is 0 Å². The van der Waals surface area contributed by atoms with Gasteiger partial charge in [0.05, 0.1) is 0 Å². The van der Waals surface area contributed by atoms with Crippen LogP contribution >= 0.6 is 0 Å². The summed E-state index contributed by atoms with van der Waals surface area (Å²) >= 11 is 0. The lowest BCUT2D eigenvalue weighted by molar-refractivity contribution is -0.167. The van der Waals surface area contributed by atoms with E-state index in [2.05, 4.69) is 179 Å². The van der Waals surface area contributed by atoms with Gasteiger partial charge in [-0.15, -0.1) is 0 Å². The van der Waals surface area contributed by atoms with Gasteiger partial charge in [-0.25, -0.2) is 0 Å². The number of esters is 3. The molecule has 0 saturated heterocycles. The van der Waals surface area contributed by atoms with Crippen LogP contribution in [-0.2, 0) is 28.6 Å². The highest BCUT2D eigenvalue weighted by molar-refractivity contribution is 5.71. The Bertz CT molecular complexity index is 1810. The van der Waals surface area contributed by atoms with E-state index in [0.29, 0.717) is 19.3 Å². The van der Waals surface area contributed by atoms with E-state index < -0.39 is 6.10 Å². The van der Waals surface area contributed by atoms with Crippen molar-refractivity contribution >= 4 is 17.9 Å². The molecule has 0 amide bonds. The van der Waals surface area contributed by atoms with Crippen LogP contribution in [0.25, 0.3) is 0 Å². The Hall–Kier alpha value is -4.97. The zero-order valence-corrected chi connectivity index (χ0v) is 52.2. The quantitative estimate of drug-likeness (QED) is 0.0261. The number of carbonyl (C=O) groups excluding carboxylic acids is 3. The summed E-state index contributed by atoms with van der Waals surface area (Å²) < 4.78 is 16.7. The number of ether oxygens (including phenoxy) is 3. The molecule has 0 aromatic carbocycles. The number of carbonyl (C=O) groups is 3. The first kappa shape index (κ1) is 76.0. The van der Waals surface area contributed by atoms with E-state index in [-0.39, 0.29) is 37.5 Å². The lowest BCUT2D eigenvalue weighted by Gasteiger charge is -2.18. The Morgan fingerprint density at radius 2 is 0.494 bits per heavy atom. The van der Waals surface area contributed by atoms with Crippen molar-refractivity contribution in [2.45, 2.75) is 284 Å². The lowest BCUT2D eigenvalue weighted by Crippen LogP contribution is -2.30. The number of hydrogen-bond donors (Lipinski definition) is 0. The molecule has 6 nitrogen and oxygen atoms in total. The molecular weight excluding hydrogens is 997 g/mol. The maximum atomic E-state index is 12.8. The van der Waals surface area contributed by atoms with Gasteiger partial charge in [0.2, 0.25) is 0 Å². The van der Waals surface area contributed by atoms with Gasteiger partial charge in [0.15, 0.2) is 6.10 Å². The average molecular weight is 1120 g/mol. The predicted molar refractivity (Wildman–Crippen MR) is 352 cm³/mol. The largest absolute Gasteiger partial charge is 0.462 e. The fraction of sp³-hybridized carbons (Fsp3) is 0.613. The molecule has 81 heavy (non-hydrogen) atoms. The number of rotatable bonds is 58. The molecule has 0 heterocycles. The first-order chi connectivity index (χ1) is 40.0. The third-order valence-electron chi connectivity index (χ3n) is 13.5. The van der Waals surface area contributed by atoms with Crippen molar-refractivity contribution in [3.05, 3.63) is 158 Å². The highest BCUT2D eigenvalue weighted by atomic mass is 16.6. The molecule has 0 fully saturated rings. The second kappa shape index (κ2) is 67.5. The molecule has 0 aromatic heterocycles. The van der Waals surface area contributed by atoms with Crippen molar-refractivity contribution < 1.29 is 28.6 Å². The first-order valence-electron chi connectivity index (χ1n) is 33.0. The van der Waals surface area contributed by atoms with Crippen molar-refractivity contribution in [2.24, 2.45) is 0 Å². The molecule has 0 aliphatic carbocycles. The van der Waals surface area contributed by atoms with Gasteiger partial charge in [0.1, 0.15) is 13.2 Å². The van der Waals surface area contributed by atoms with Crippen molar-refractivity contribution in [1.29, 1.82) is 0 Å². The maximum absolute atomic E-state index is 12.8. The van der Waals surface area contributed by atoms with E-state index in [4.69, 9.17) is 14.2 Å². The molecule has 0 aliphatic heterocycles. The zero-order chi connectivity index (χ0) is 58.5. The molecule has 0 radical (unpaired) electrons. The normalized spacial score (nSPS) is 13.2. The molecule has 0 bridgehead atoms. The average Bonchev–Trinajstić information content (AvgIpc) is 3.47. The van der Waals surface area contributed by atoms with Crippen molar-refractivity contribution in [2.75, 3.05) is 13.2 Å². The third-order valence-corrected chi connectivity index (χ3v) is 13.5. The maximum Gasteiger partial charge on any atom is 0.306 e. The van der Waals surface area contributed by atoms with Crippen LogP contribution < -0.4 is 0 Å². The summed E-state index contributed by atoms with van der Waals surface area (Å²) in [5.41, 5.74) is 0. The van der Waals surface area contributed by atoms with Gasteiger partial charge >= 0.3 is 17.9 Å². The number of unbranched alkanes of at least 4 members (excludes halogenated alkanes) is 21. The molecule has 0 aliphatic rings. The predicted octanol–water partition coefficient (Wildman–Crippen LogP) is 22.9.